The van der Waals surface area contributed by atoms with Gasteiger partial charge in [-0.05, 0) is 18.9 Å². The second-order valence-corrected chi connectivity index (χ2v) is 6.05. The predicted molar refractivity (Wildman–Crippen MR) is 72.6 cm³/mol. The van der Waals surface area contributed by atoms with E-state index in [1.54, 1.807) is 5.38 Å². The lowest BCUT2D eigenvalue weighted by atomic mass is 9.85. The molecule has 0 saturated heterocycles. The van der Waals surface area contributed by atoms with Gasteiger partial charge in [0.15, 0.2) is 0 Å². The summed E-state index contributed by atoms with van der Waals surface area (Å²) in [7, 11) is 0. The minimum absolute atomic E-state index is 0.386. The molecule has 1 aromatic rings. The Bertz CT molecular complexity index is 411. The van der Waals surface area contributed by atoms with Crippen molar-refractivity contribution in [3.8, 4) is 0 Å². The Kier molecular flexibility index (Phi) is 4.37. The normalized spacial score (nSPS) is 18.7. The number of hydrogen-bond donors (Lipinski definition) is 3. The van der Waals surface area contributed by atoms with Gasteiger partial charge in [0.05, 0.1) is 11.2 Å². The largest absolute Gasteiger partial charge is 0.389 e. The van der Waals surface area contributed by atoms with Crippen molar-refractivity contribution in [2.45, 2.75) is 44.2 Å². The van der Waals surface area contributed by atoms with Crippen LogP contribution in [0.1, 0.15) is 47.3 Å². The quantitative estimate of drug-likeness (QED) is 0.760. The van der Waals surface area contributed by atoms with E-state index < -0.39 is 5.60 Å². The summed E-state index contributed by atoms with van der Waals surface area (Å²) in [5.41, 5.74) is 5.22. The van der Waals surface area contributed by atoms with Crippen molar-refractivity contribution in [2.75, 3.05) is 6.54 Å². The summed E-state index contributed by atoms with van der Waals surface area (Å²) in [6.07, 6.45) is 5.23. The number of nitrogens with two attached hydrogens (primary N) is 1. The van der Waals surface area contributed by atoms with Gasteiger partial charge in [0, 0.05) is 23.3 Å². The van der Waals surface area contributed by atoms with Gasteiger partial charge in [-0.1, -0.05) is 19.3 Å². The Morgan fingerprint density at radius 2 is 2.17 bits per heavy atom. The third kappa shape index (κ3) is 3.54. The Morgan fingerprint density at radius 1 is 1.44 bits per heavy atom. The first kappa shape index (κ1) is 13.5. The number of primary amides is 1. The average molecular weight is 268 g/mol. The molecule has 1 heterocycles. The molecule has 1 aliphatic rings. The second kappa shape index (κ2) is 5.82. The van der Waals surface area contributed by atoms with Crippen LogP contribution in [0, 0.1) is 0 Å². The zero-order chi connectivity index (χ0) is 13.0. The molecule has 4 N–H and O–H groups in total. The minimum atomic E-state index is -0.540. The fraction of sp³-hybridized carbons (Fsp3) is 0.615. The average Bonchev–Trinajstić information content (AvgIpc) is 2.78. The summed E-state index contributed by atoms with van der Waals surface area (Å²) in [6, 6.07) is 1.81. The van der Waals surface area contributed by atoms with Crippen molar-refractivity contribution in [3.63, 3.8) is 0 Å². The molecule has 0 aliphatic heterocycles. The molecule has 2 rings (SSSR count). The Morgan fingerprint density at radius 3 is 2.78 bits per heavy atom. The molecule has 1 amide bonds. The SMILES string of the molecule is NC(=O)c1csc(CNCC2(O)CCCCC2)c1. The molecular formula is C13H20N2O2S. The highest BCUT2D eigenvalue weighted by Crippen LogP contribution is 2.27. The number of hydrogen-bond acceptors (Lipinski definition) is 4. The molecule has 0 radical (unpaired) electrons. The predicted octanol–water partition coefficient (Wildman–Crippen LogP) is 1.63. The fourth-order valence-corrected chi connectivity index (χ4v) is 3.25. The summed E-state index contributed by atoms with van der Waals surface area (Å²) < 4.78 is 0. The highest BCUT2D eigenvalue weighted by Gasteiger charge is 2.28. The molecule has 4 nitrogen and oxygen atoms in total. The van der Waals surface area contributed by atoms with Crippen LogP contribution in [0.5, 0.6) is 0 Å². The van der Waals surface area contributed by atoms with E-state index in [1.807, 2.05) is 6.07 Å². The number of nitrogens with one attached hydrogen (secondary N) is 1. The second-order valence-electron chi connectivity index (χ2n) is 5.05. The summed E-state index contributed by atoms with van der Waals surface area (Å²) in [5.74, 6) is -0.386. The summed E-state index contributed by atoms with van der Waals surface area (Å²) >= 11 is 1.52. The van der Waals surface area contributed by atoms with Crippen molar-refractivity contribution >= 4 is 17.2 Å². The topological polar surface area (TPSA) is 75.4 Å². The molecule has 100 valence electrons. The summed E-state index contributed by atoms with van der Waals surface area (Å²) in [5, 5.41) is 15.4. The smallest absolute Gasteiger partial charge is 0.249 e. The van der Waals surface area contributed by atoms with E-state index in [9.17, 15) is 9.90 Å². The van der Waals surface area contributed by atoms with Crippen LogP contribution in [0.3, 0.4) is 0 Å². The maximum Gasteiger partial charge on any atom is 0.249 e. The molecule has 0 unspecified atom stereocenters. The van der Waals surface area contributed by atoms with Crippen LogP contribution in [0.15, 0.2) is 11.4 Å². The van der Waals surface area contributed by atoms with Crippen molar-refractivity contribution in [1.82, 2.24) is 5.32 Å². The van der Waals surface area contributed by atoms with Crippen molar-refractivity contribution in [3.05, 3.63) is 21.9 Å². The standard InChI is InChI=1S/C13H20N2O2S/c14-12(16)10-6-11(18-8-10)7-15-9-13(17)4-2-1-3-5-13/h6,8,15,17H,1-5,7,9H2,(H2,14,16). The first-order valence-corrected chi connectivity index (χ1v) is 7.27. The molecule has 0 aromatic carbocycles. The Labute approximate surface area is 111 Å². The van der Waals surface area contributed by atoms with Crippen LogP contribution < -0.4 is 11.1 Å². The Hall–Kier alpha value is -0.910. The van der Waals surface area contributed by atoms with Crippen LogP contribution in [-0.4, -0.2) is 23.2 Å². The van der Waals surface area contributed by atoms with Crippen LogP contribution in [-0.2, 0) is 6.54 Å². The van der Waals surface area contributed by atoms with E-state index >= 15 is 0 Å². The Balaban J connectivity index is 1.78. The third-order valence-corrected chi connectivity index (χ3v) is 4.41. The summed E-state index contributed by atoms with van der Waals surface area (Å²) in [4.78, 5) is 12.0. The molecule has 0 atom stereocenters. The van der Waals surface area contributed by atoms with Crippen molar-refractivity contribution in [1.29, 1.82) is 0 Å². The number of thiophene rings is 1. The number of amides is 1. The van der Waals surface area contributed by atoms with Gasteiger partial charge in [0.25, 0.3) is 0 Å². The molecule has 1 fully saturated rings. The highest BCUT2D eigenvalue weighted by molar-refractivity contribution is 7.10. The van der Waals surface area contributed by atoms with Gasteiger partial charge in [-0.2, -0.15) is 0 Å². The molecule has 1 aliphatic carbocycles. The first-order chi connectivity index (χ1) is 8.59. The molecule has 18 heavy (non-hydrogen) atoms. The zero-order valence-electron chi connectivity index (χ0n) is 10.4. The van der Waals surface area contributed by atoms with Crippen LogP contribution in [0.25, 0.3) is 0 Å². The molecule has 0 bridgehead atoms. The van der Waals surface area contributed by atoms with Crippen LogP contribution in [0.2, 0.25) is 0 Å². The van der Waals surface area contributed by atoms with Gasteiger partial charge in [-0.3, -0.25) is 4.79 Å². The third-order valence-electron chi connectivity index (χ3n) is 3.48. The van der Waals surface area contributed by atoms with E-state index in [1.165, 1.54) is 17.8 Å². The van der Waals surface area contributed by atoms with Gasteiger partial charge in [-0.25, -0.2) is 0 Å². The minimum Gasteiger partial charge on any atom is -0.389 e. The number of rotatable bonds is 5. The zero-order valence-corrected chi connectivity index (χ0v) is 11.3. The monoisotopic (exact) mass is 268 g/mol. The molecular weight excluding hydrogens is 248 g/mol. The van der Waals surface area contributed by atoms with Gasteiger partial charge in [-0.15, -0.1) is 11.3 Å². The van der Waals surface area contributed by atoms with E-state index in [0.29, 0.717) is 18.7 Å². The first-order valence-electron chi connectivity index (χ1n) is 6.39. The molecule has 1 saturated carbocycles. The van der Waals surface area contributed by atoms with E-state index in [2.05, 4.69) is 5.32 Å². The van der Waals surface area contributed by atoms with Gasteiger partial charge < -0.3 is 16.2 Å². The molecule has 5 heteroatoms. The van der Waals surface area contributed by atoms with Crippen molar-refractivity contribution < 1.29 is 9.90 Å². The van der Waals surface area contributed by atoms with Crippen molar-refractivity contribution in [2.24, 2.45) is 5.73 Å². The lowest BCUT2D eigenvalue weighted by molar-refractivity contribution is 0.00472. The maximum absolute atomic E-state index is 11.0. The van der Waals surface area contributed by atoms with E-state index in [-0.39, 0.29) is 5.91 Å². The van der Waals surface area contributed by atoms with Gasteiger partial charge >= 0.3 is 0 Å². The van der Waals surface area contributed by atoms with Crippen LogP contribution in [0.4, 0.5) is 0 Å². The molecule has 1 aromatic heterocycles. The van der Waals surface area contributed by atoms with Crippen LogP contribution >= 0.6 is 11.3 Å². The number of carbonyl (C=O) groups excluding carboxylic acids is 1. The van der Waals surface area contributed by atoms with E-state index in [4.69, 9.17) is 5.73 Å². The van der Waals surface area contributed by atoms with Gasteiger partial charge in [0.1, 0.15) is 0 Å². The molecule has 0 spiro atoms. The lowest BCUT2D eigenvalue weighted by Crippen LogP contribution is -2.41. The number of carbonyl (C=O) groups is 1. The van der Waals surface area contributed by atoms with E-state index in [0.717, 1.165) is 30.6 Å². The number of aliphatic hydroxyl groups is 1. The highest BCUT2D eigenvalue weighted by atomic mass is 32.1. The maximum atomic E-state index is 11.0. The fourth-order valence-electron chi connectivity index (χ4n) is 2.41. The van der Waals surface area contributed by atoms with Gasteiger partial charge in [0.2, 0.25) is 5.91 Å². The lowest BCUT2D eigenvalue weighted by Gasteiger charge is -2.32. The summed E-state index contributed by atoms with van der Waals surface area (Å²) in [6.45, 7) is 1.30.